The Labute approximate surface area is 194 Å². The van der Waals surface area contributed by atoms with E-state index in [2.05, 4.69) is 14.4 Å². The number of carbonyl (C=O) groups excluding carboxylic acids is 1. The van der Waals surface area contributed by atoms with Crippen LogP contribution >= 0.6 is 0 Å². The van der Waals surface area contributed by atoms with Crippen molar-refractivity contribution in [1.29, 1.82) is 0 Å². The Morgan fingerprint density at radius 3 is 2.14 bits per heavy atom. The molecule has 0 aromatic heterocycles. The van der Waals surface area contributed by atoms with E-state index in [0.717, 1.165) is 18.2 Å². The third kappa shape index (κ3) is 8.52. The molecule has 1 heterocycles. The molecule has 198 valence electrons. The third-order valence-corrected chi connectivity index (χ3v) is 4.24. The number of fused-ring (bicyclic) bond motifs is 1. The highest BCUT2D eigenvalue weighted by atomic mass is 19.4. The van der Waals surface area contributed by atoms with Crippen LogP contribution in [-0.2, 0) is 35.3 Å². The molecule has 0 spiro atoms. The van der Waals surface area contributed by atoms with Gasteiger partial charge in [-0.2, -0.15) is 13.2 Å². The molecule has 2 rings (SSSR count). The summed E-state index contributed by atoms with van der Waals surface area (Å²) in [6, 6.07) is 1.71. The highest BCUT2D eigenvalue weighted by Gasteiger charge is 2.49. The second-order valence-electron chi connectivity index (χ2n) is 6.77. The minimum absolute atomic E-state index is 0.00984. The molecule has 0 saturated heterocycles. The zero-order valence-electron chi connectivity index (χ0n) is 18.5. The zero-order chi connectivity index (χ0) is 26.2. The summed E-state index contributed by atoms with van der Waals surface area (Å²) in [5, 5.41) is 0. The van der Waals surface area contributed by atoms with Crippen LogP contribution in [0.2, 0.25) is 0 Å². The average Bonchev–Trinajstić information content (AvgIpc) is 2.76. The van der Waals surface area contributed by atoms with E-state index in [9.17, 15) is 31.1 Å². The summed E-state index contributed by atoms with van der Waals surface area (Å²) >= 11 is 0. The smallest absolute Gasteiger partial charge is 0.475 e. The lowest BCUT2D eigenvalue weighted by atomic mass is 9.97. The first-order valence-corrected chi connectivity index (χ1v) is 9.77. The Morgan fingerprint density at radius 2 is 1.66 bits per heavy atom. The van der Waals surface area contributed by atoms with Gasteiger partial charge < -0.3 is 14.2 Å². The fourth-order valence-corrected chi connectivity index (χ4v) is 2.93. The minimum Gasteiger partial charge on any atom is -0.475 e. The van der Waals surface area contributed by atoms with Gasteiger partial charge in [-0.25, -0.2) is 4.79 Å². The van der Waals surface area contributed by atoms with Crippen LogP contribution < -0.4 is 20.8 Å². The summed E-state index contributed by atoms with van der Waals surface area (Å²) in [6.07, 6.45) is -13.4. The maximum Gasteiger partial charge on any atom is 0.573 e. The van der Waals surface area contributed by atoms with Crippen LogP contribution in [0, 0.1) is 0 Å². The Morgan fingerprint density at radius 1 is 1.06 bits per heavy atom. The second kappa shape index (κ2) is 12.4. The summed E-state index contributed by atoms with van der Waals surface area (Å²) in [5.41, 5.74) is 2.73. The molecule has 0 bridgehead atoms. The maximum atomic E-state index is 13.8. The Bertz CT molecular complexity index is 883. The highest BCUT2D eigenvalue weighted by Crippen LogP contribution is 2.42. The molecule has 35 heavy (non-hydrogen) atoms. The van der Waals surface area contributed by atoms with Crippen molar-refractivity contribution in [3.8, 4) is 11.5 Å². The van der Waals surface area contributed by atoms with Crippen LogP contribution in [-0.4, -0.2) is 58.1 Å². The van der Waals surface area contributed by atoms with Crippen molar-refractivity contribution in [2.45, 2.75) is 38.1 Å². The molecule has 10 nitrogen and oxygen atoms in total. The van der Waals surface area contributed by atoms with Crippen LogP contribution in [0.3, 0.4) is 0 Å². The normalized spacial score (nSPS) is 15.9. The van der Waals surface area contributed by atoms with Crippen LogP contribution in [0.15, 0.2) is 17.7 Å². The van der Waals surface area contributed by atoms with Crippen molar-refractivity contribution in [3.63, 3.8) is 0 Å². The number of benzene rings is 1. The summed E-state index contributed by atoms with van der Waals surface area (Å²) in [7, 11) is 2.42. The molecule has 0 amide bonds. The molecule has 1 aliphatic rings. The lowest BCUT2D eigenvalue weighted by molar-refractivity contribution is -0.274. The van der Waals surface area contributed by atoms with E-state index in [-0.39, 0.29) is 23.3 Å². The number of nitrogens with one attached hydrogen (secondary N) is 2. The number of hydrogen-bond donors (Lipinski definition) is 2. The number of hydrogen-bond acceptors (Lipinski definition) is 10. The molecule has 2 N–H and O–H groups in total. The molecular weight excluding hydrogens is 498 g/mol. The van der Waals surface area contributed by atoms with E-state index < -0.39 is 55.3 Å². The number of aryl methyl sites for hydroxylation is 1. The van der Waals surface area contributed by atoms with Gasteiger partial charge in [0.05, 0.1) is 19.8 Å². The van der Waals surface area contributed by atoms with E-state index in [1.54, 1.807) is 0 Å². The lowest BCUT2D eigenvalue weighted by Crippen LogP contribution is -2.42. The molecule has 1 aromatic carbocycles. The van der Waals surface area contributed by atoms with E-state index in [0.29, 0.717) is 0 Å². The summed E-state index contributed by atoms with van der Waals surface area (Å²) < 4.78 is 93.4. The van der Waals surface area contributed by atoms with Crippen molar-refractivity contribution in [2.75, 3.05) is 27.4 Å². The first-order chi connectivity index (χ1) is 16.4. The number of rotatable bonds is 12. The molecule has 1 aromatic rings. The van der Waals surface area contributed by atoms with Crippen LogP contribution in [0.5, 0.6) is 11.5 Å². The van der Waals surface area contributed by atoms with Crippen molar-refractivity contribution in [1.82, 2.24) is 11.3 Å². The van der Waals surface area contributed by atoms with Gasteiger partial charge in [0, 0.05) is 5.56 Å². The molecule has 1 atom stereocenters. The Kier molecular flexibility index (Phi) is 10.1. The van der Waals surface area contributed by atoms with Gasteiger partial charge >= 0.3 is 18.5 Å². The van der Waals surface area contributed by atoms with Gasteiger partial charge in [0.1, 0.15) is 24.7 Å². The SMILES string of the molecule is CCc1cc(OC(F)(F)F)cc2c1OC(C(F)(F)F)C(C(=O)OC(CONOC)CONOC)=C2. The van der Waals surface area contributed by atoms with Gasteiger partial charge in [-0.15, -0.1) is 13.2 Å². The van der Waals surface area contributed by atoms with E-state index in [4.69, 9.17) is 19.1 Å². The standard InChI is InChI=1S/C19H22F6N2O8/c1-4-10-5-12(35-19(23,24)25)6-11-7-14(16(18(20,21)22)34-15(10)11)17(28)33-13(8-31-26-29-2)9-32-27-30-3/h5-7,13,16,26-27H,4,8-9H2,1-3H3. The van der Waals surface area contributed by atoms with E-state index in [1.807, 2.05) is 11.3 Å². The first-order valence-electron chi connectivity index (χ1n) is 9.77. The average molecular weight is 520 g/mol. The van der Waals surface area contributed by atoms with Crippen molar-refractivity contribution >= 4 is 12.0 Å². The Hall–Kier alpha value is -2.63. The highest BCUT2D eigenvalue weighted by molar-refractivity contribution is 5.96. The van der Waals surface area contributed by atoms with Gasteiger partial charge in [0.25, 0.3) is 0 Å². The topological polar surface area (TPSA) is 106 Å². The number of carbonyl (C=O) groups is 1. The molecule has 0 fully saturated rings. The van der Waals surface area contributed by atoms with E-state index in [1.165, 1.54) is 21.1 Å². The molecule has 0 saturated carbocycles. The van der Waals surface area contributed by atoms with Crippen LogP contribution in [0.1, 0.15) is 18.1 Å². The zero-order valence-corrected chi connectivity index (χ0v) is 18.5. The van der Waals surface area contributed by atoms with E-state index >= 15 is 0 Å². The van der Waals surface area contributed by atoms with Gasteiger partial charge in [-0.3, -0.25) is 19.4 Å². The predicted molar refractivity (Wildman–Crippen MR) is 103 cm³/mol. The van der Waals surface area contributed by atoms with Gasteiger partial charge in [0.2, 0.25) is 6.10 Å². The van der Waals surface area contributed by atoms with Crippen molar-refractivity contribution in [2.24, 2.45) is 0 Å². The summed E-state index contributed by atoms with van der Waals surface area (Å²) in [5.74, 6) is -2.51. The monoisotopic (exact) mass is 520 g/mol. The summed E-state index contributed by atoms with van der Waals surface area (Å²) in [4.78, 5) is 31.2. The quantitative estimate of drug-likeness (QED) is 0.185. The number of esters is 1. The van der Waals surface area contributed by atoms with Crippen LogP contribution in [0.25, 0.3) is 6.08 Å². The fraction of sp³-hybridized carbons (Fsp3) is 0.526. The molecule has 1 unspecified atom stereocenters. The van der Waals surface area contributed by atoms with Gasteiger partial charge in [0.15, 0.2) is 6.10 Å². The Balaban J connectivity index is 2.41. The number of halogens is 6. The van der Waals surface area contributed by atoms with Gasteiger partial charge in [-0.05, 0) is 30.2 Å². The molecule has 16 heteroatoms. The third-order valence-electron chi connectivity index (χ3n) is 4.24. The van der Waals surface area contributed by atoms with Crippen molar-refractivity contribution < 1.29 is 64.7 Å². The molecule has 0 radical (unpaired) electrons. The molecule has 1 aliphatic heterocycles. The van der Waals surface area contributed by atoms with Gasteiger partial charge in [-0.1, -0.05) is 18.2 Å². The molecule has 0 aliphatic carbocycles. The first kappa shape index (κ1) is 28.6. The van der Waals surface area contributed by atoms with Crippen LogP contribution in [0.4, 0.5) is 26.3 Å². The number of alkyl halides is 6. The predicted octanol–water partition coefficient (Wildman–Crippen LogP) is 2.93. The molecular formula is C19H22F6N2O8. The minimum atomic E-state index is -5.06. The van der Waals surface area contributed by atoms with Crippen molar-refractivity contribution in [3.05, 3.63) is 28.8 Å². The number of ether oxygens (including phenoxy) is 3. The largest absolute Gasteiger partial charge is 0.573 e. The lowest BCUT2D eigenvalue weighted by Gasteiger charge is -2.30. The summed E-state index contributed by atoms with van der Waals surface area (Å²) in [6.45, 7) is 0.630. The fourth-order valence-electron chi connectivity index (χ4n) is 2.93. The second-order valence-corrected chi connectivity index (χ2v) is 6.77. The maximum absolute atomic E-state index is 13.8.